The van der Waals surface area contributed by atoms with E-state index < -0.39 is 10.0 Å². The van der Waals surface area contributed by atoms with E-state index in [9.17, 15) is 18.0 Å². The average molecular weight is 416 g/mol. The number of amides is 2. The molecule has 1 atom stereocenters. The number of rotatable bonds is 6. The monoisotopic (exact) mass is 415 g/mol. The predicted molar refractivity (Wildman–Crippen MR) is 98.8 cm³/mol. The minimum atomic E-state index is -3.60. The molecule has 0 spiro atoms. The third kappa shape index (κ3) is 4.97. The second-order valence-corrected chi connectivity index (χ2v) is 9.15. The lowest BCUT2D eigenvalue weighted by atomic mass is 10.1. The zero-order valence-electron chi connectivity index (χ0n) is 14.8. The summed E-state index contributed by atoms with van der Waals surface area (Å²) in [6, 6.07) is 1.64. The van der Waals surface area contributed by atoms with E-state index in [0.717, 1.165) is 4.90 Å². The summed E-state index contributed by atoms with van der Waals surface area (Å²) >= 11 is 6.04. The maximum atomic E-state index is 12.7. The quantitative estimate of drug-likeness (QED) is 0.652. The van der Waals surface area contributed by atoms with Gasteiger partial charge in [0.05, 0.1) is 12.3 Å². The van der Waals surface area contributed by atoms with E-state index in [2.05, 4.69) is 4.98 Å². The highest BCUT2D eigenvalue weighted by Crippen LogP contribution is 2.26. The maximum Gasteiger partial charge on any atom is 0.229 e. The molecule has 2 amide bonds. The molecule has 0 radical (unpaired) electrons. The number of hydrogen-bond donors (Lipinski definition) is 0. The fourth-order valence-corrected chi connectivity index (χ4v) is 4.91. The topological polar surface area (TPSA) is 96.9 Å². The van der Waals surface area contributed by atoms with Gasteiger partial charge in [-0.2, -0.15) is 4.31 Å². The smallest absolute Gasteiger partial charge is 0.229 e. The highest BCUT2D eigenvalue weighted by atomic mass is 35.5. The van der Waals surface area contributed by atoms with Crippen molar-refractivity contribution in [3.05, 3.63) is 23.5 Å². The van der Waals surface area contributed by atoms with Crippen molar-refractivity contribution in [1.82, 2.24) is 14.2 Å². The molecule has 2 fully saturated rings. The molecule has 1 aromatic rings. The van der Waals surface area contributed by atoms with E-state index in [1.54, 1.807) is 12.3 Å². The van der Waals surface area contributed by atoms with Gasteiger partial charge in [0.25, 0.3) is 0 Å². The number of carbonyl (C=O) groups is 2. The SMILES string of the molecule is O=C1CCCC(=O)N1CCS(=O)(=O)N1CCCC(Oc2ccncc2Cl)C1. The van der Waals surface area contributed by atoms with E-state index in [-0.39, 0.29) is 49.6 Å². The highest BCUT2D eigenvalue weighted by Gasteiger charge is 2.32. The zero-order valence-corrected chi connectivity index (χ0v) is 16.4. The molecule has 2 aliphatic rings. The number of imide groups is 1. The third-order valence-corrected chi connectivity index (χ3v) is 6.82. The van der Waals surface area contributed by atoms with Crippen molar-refractivity contribution in [3.8, 4) is 5.75 Å². The van der Waals surface area contributed by atoms with Gasteiger partial charge in [-0.25, -0.2) is 8.42 Å². The van der Waals surface area contributed by atoms with Crippen molar-refractivity contribution in [2.24, 2.45) is 0 Å². The van der Waals surface area contributed by atoms with Crippen LogP contribution in [0.25, 0.3) is 0 Å². The van der Waals surface area contributed by atoms with Gasteiger partial charge in [0.15, 0.2) is 0 Å². The van der Waals surface area contributed by atoms with E-state index >= 15 is 0 Å². The average Bonchev–Trinajstić information content (AvgIpc) is 2.63. The highest BCUT2D eigenvalue weighted by molar-refractivity contribution is 7.89. The van der Waals surface area contributed by atoms with Crippen molar-refractivity contribution in [3.63, 3.8) is 0 Å². The fraction of sp³-hybridized carbons (Fsp3) is 0.588. The van der Waals surface area contributed by atoms with Gasteiger partial charge in [0.2, 0.25) is 21.8 Å². The lowest BCUT2D eigenvalue weighted by Gasteiger charge is -2.33. The van der Waals surface area contributed by atoms with Crippen molar-refractivity contribution in [1.29, 1.82) is 0 Å². The molecule has 1 unspecified atom stereocenters. The van der Waals surface area contributed by atoms with Crippen LogP contribution >= 0.6 is 11.6 Å². The van der Waals surface area contributed by atoms with Gasteiger partial charge in [-0.05, 0) is 19.3 Å². The predicted octanol–water partition coefficient (Wildman–Crippen LogP) is 1.45. The van der Waals surface area contributed by atoms with Gasteiger partial charge >= 0.3 is 0 Å². The Hall–Kier alpha value is -1.71. The number of pyridine rings is 1. The minimum Gasteiger partial charge on any atom is -0.487 e. The molecule has 27 heavy (non-hydrogen) atoms. The van der Waals surface area contributed by atoms with Crippen LogP contribution in [0.15, 0.2) is 18.5 Å². The van der Waals surface area contributed by atoms with Crippen LogP contribution in [-0.4, -0.2) is 65.9 Å². The first-order valence-electron chi connectivity index (χ1n) is 8.94. The van der Waals surface area contributed by atoms with E-state index in [0.29, 0.717) is 36.6 Å². The number of carbonyl (C=O) groups excluding carboxylic acids is 2. The molecule has 0 N–H and O–H groups in total. The Morgan fingerprint density at radius 1 is 1.22 bits per heavy atom. The number of likely N-dealkylation sites (tertiary alicyclic amines) is 1. The summed E-state index contributed by atoms with van der Waals surface area (Å²) in [5.41, 5.74) is 0. The van der Waals surface area contributed by atoms with Gasteiger partial charge in [-0.1, -0.05) is 11.6 Å². The van der Waals surface area contributed by atoms with Crippen LogP contribution in [-0.2, 0) is 19.6 Å². The number of aromatic nitrogens is 1. The Morgan fingerprint density at radius 2 is 1.96 bits per heavy atom. The number of piperidine rings is 2. The summed E-state index contributed by atoms with van der Waals surface area (Å²) in [6.45, 7) is 0.509. The van der Waals surface area contributed by atoms with Gasteiger partial charge in [0, 0.05) is 44.4 Å². The van der Waals surface area contributed by atoms with Crippen molar-refractivity contribution < 1.29 is 22.7 Å². The Bertz CT molecular complexity index is 801. The van der Waals surface area contributed by atoms with Crippen LogP contribution in [0.5, 0.6) is 5.75 Å². The second kappa shape index (κ2) is 8.53. The Morgan fingerprint density at radius 3 is 2.67 bits per heavy atom. The molecule has 0 bridgehead atoms. The molecule has 2 aliphatic heterocycles. The molecule has 0 aromatic carbocycles. The Kier molecular flexibility index (Phi) is 6.33. The Balaban J connectivity index is 1.60. The Labute approximate surface area is 163 Å². The van der Waals surface area contributed by atoms with Gasteiger partial charge in [-0.15, -0.1) is 0 Å². The largest absolute Gasteiger partial charge is 0.487 e. The number of hydrogen-bond acceptors (Lipinski definition) is 6. The number of sulfonamides is 1. The van der Waals surface area contributed by atoms with Crippen LogP contribution in [0.3, 0.4) is 0 Å². The number of halogens is 1. The molecular weight excluding hydrogens is 394 g/mol. The summed E-state index contributed by atoms with van der Waals surface area (Å²) < 4.78 is 32.6. The summed E-state index contributed by atoms with van der Waals surface area (Å²) in [7, 11) is -3.60. The number of ether oxygens (including phenoxy) is 1. The van der Waals surface area contributed by atoms with Crippen molar-refractivity contribution in [2.45, 2.75) is 38.2 Å². The van der Waals surface area contributed by atoms with E-state index in [4.69, 9.17) is 16.3 Å². The van der Waals surface area contributed by atoms with Gasteiger partial charge in [-0.3, -0.25) is 19.5 Å². The molecule has 0 saturated carbocycles. The van der Waals surface area contributed by atoms with E-state index in [1.807, 2.05) is 0 Å². The second-order valence-electron chi connectivity index (χ2n) is 6.65. The lowest BCUT2D eigenvalue weighted by molar-refractivity contribution is -0.147. The van der Waals surface area contributed by atoms with Crippen LogP contribution in [0.2, 0.25) is 5.02 Å². The molecule has 1 aromatic heterocycles. The molecule has 148 valence electrons. The summed E-state index contributed by atoms with van der Waals surface area (Å²) in [5.74, 6) is -0.393. The standard InChI is InChI=1S/C17H22ClN3O5S/c18-14-11-19-7-6-15(14)26-13-3-2-8-20(12-13)27(24,25)10-9-21-16(22)4-1-5-17(21)23/h6-7,11,13H,1-5,8-10,12H2. The lowest BCUT2D eigenvalue weighted by Crippen LogP contribution is -2.48. The van der Waals surface area contributed by atoms with Gasteiger partial charge < -0.3 is 4.74 Å². The first-order valence-corrected chi connectivity index (χ1v) is 10.9. The first kappa shape index (κ1) is 20.0. The molecule has 8 nitrogen and oxygen atoms in total. The van der Waals surface area contributed by atoms with Gasteiger partial charge in [0.1, 0.15) is 16.9 Å². The zero-order chi connectivity index (χ0) is 19.4. The van der Waals surface area contributed by atoms with Crippen molar-refractivity contribution >= 4 is 33.4 Å². The third-order valence-electron chi connectivity index (χ3n) is 4.72. The normalized spacial score (nSPS) is 22.1. The summed E-state index contributed by atoms with van der Waals surface area (Å²) in [5, 5.41) is 0.375. The molecule has 0 aliphatic carbocycles. The summed E-state index contributed by atoms with van der Waals surface area (Å²) in [4.78, 5) is 28.6. The van der Waals surface area contributed by atoms with E-state index in [1.165, 1.54) is 10.5 Å². The first-order chi connectivity index (χ1) is 12.9. The van der Waals surface area contributed by atoms with Crippen LogP contribution in [0.1, 0.15) is 32.1 Å². The molecule has 10 heteroatoms. The maximum absolute atomic E-state index is 12.7. The molecule has 2 saturated heterocycles. The van der Waals surface area contributed by atoms with Crippen molar-refractivity contribution in [2.75, 3.05) is 25.4 Å². The molecule has 3 rings (SSSR count). The summed E-state index contributed by atoms with van der Waals surface area (Å²) in [6.07, 6.45) is 5.21. The number of nitrogens with zero attached hydrogens (tertiary/aromatic N) is 3. The van der Waals surface area contributed by atoms with Crippen LogP contribution in [0.4, 0.5) is 0 Å². The van der Waals surface area contributed by atoms with Crippen LogP contribution < -0.4 is 4.74 Å². The fourth-order valence-electron chi connectivity index (χ4n) is 3.28. The van der Waals surface area contributed by atoms with Crippen LogP contribution in [0, 0.1) is 0 Å². The molecular formula is C17H22ClN3O5S. The minimum absolute atomic E-state index is 0.0990. The molecule has 3 heterocycles.